The fourth-order valence-corrected chi connectivity index (χ4v) is 1.77. The summed E-state index contributed by atoms with van der Waals surface area (Å²) in [6.07, 6.45) is -3.92. The average molecular weight is 267 g/mol. The smallest absolute Gasteiger partial charge is 0.384 e. The van der Waals surface area contributed by atoms with Crippen LogP contribution in [0.4, 0.5) is 19.0 Å². The van der Waals surface area contributed by atoms with Crippen molar-refractivity contribution in [2.24, 2.45) is 0 Å². The number of aromatic nitrogens is 2. The normalized spacial score (nSPS) is 11.6. The van der Waals surface area contributed by atoms with Gasteiger partial charge in [-0.15, -0.1) is 0 Å². The Morgan fingerprint density at radius 3 is 2.47 bits per heavy atom. The van der Waals surface area contributed by atoms with Crippen LogP contribution in [0.1, 0.15) is 18.3 Å². The fourth-order valence-electron chi connectivity index (χ4n) is 1.77. The molecule has 0 unspecified atom stereocenters. The van der Waals surface area contributed by atoms with E-state index >= 15 is 0 Å². The number of nitrogen functional groups attached to an aromatic ring is 1. The molecule has 0 amide bonds. The lowest BCUT2D eigenvalue weighted by atomic mass is 10.0. The fraction of sp³-hybridized carbons (Fsp3) is 0.231. The third-order valence-corrected chi connectivity index (χ3v) is 2.62. The molecule has 0 spiro atoms. The van der Waals surface area contributed by atoms with Crippen molar-refractivity contribution in [2.45, 2.75) is 19.5 Å². The molecule has 2 aromatic rings. The first kappa shape index (κ1) is 13.3. The highest BCUT2D eigenvalue weighted by molar-refractivity contribution is 5.66. The molecule has 0 bridgehead atoms. The van der Waals surface area contributed by atoms with Gasteiger partial charge in [0.25, 0.3) is 0 Å². The summed E-state index contributed by atoms with van der Waals surface area (Å²) < 4.78 is 38.8. The molecule has 1 aromatic heterocycles. The van der Waals surface area contributed by atoms with E-state index in [0.29, 0.717) is 12.2 Å². The number of aryl methyl sites for hydroxylation is 1. The van der Waals surface area contributed by atoms with Gasteiger partial charge in [-0.25, -0.2) is 9.97 Å². The summed E-state index contributed by atoms with van der Waals surface area (Å²) in [5, 5.41) is 0. The van der Waals surface area contributed by atoms with Crippen molar-refractivity contribution in [1.29, 1.82) is 0 Å². The lowest BCUT2D eigenvalue weighted by molar-refractivity contribution is -0.137. The van der Waals surface area contributed by atoms with E-state index in [9.17, 15) is 13.2 Å². The van der Waals surface area contributed by atoms with E-state index in [-0.39, 0.29) is 17.1 Å². The molecule has 0 saturated heterocycles. The Hall–Kier alpha value is -2.11. The van der Waals surface area contributed by atoms with Gasteiger partial charge in [-0.05, 0) is 6.07 Å². The number of alkyl halides is 3. The number of anilines is 1. The van der Waals surface area contributed by atoms with E-state index in [1.807, 2.05) is 6.92 Å². The van der Waals surface area contributed by atoms with Gasteiger partial charge in [-0.3, -0.25) is 0 Å². The van der Waals surface area contributed by atoms with E-state index in [1.165, 1.54) is 24.3 Å². The molecule has 6 heteroatoms. The standard InChI is InChI=1S/C13H12F3N3/c1-2-12-18-10(7-11(17)19-12)8-5-3-4-6-9(8)13(14,15)16/h3-7H,2H2,1H3,(H2,17,18,19). The van der Waals surface area contributed by atoms with Crippen molar-refractivity contribution < 1.29 is 13.2 Å². The predicted molar refractivity (Wildman–Crippen MR) is 66.3 cm³/mol. The van der Waals surface area contributed by atoms with Crippen LogP contribution in [0.5, 0.6) is 0 Å². The lowest BCUT2D eigenvalue weighted by Gasteiger charge is -2.12. The Kier molecular flexibility index (Phi) is 3.42. The van der Waals surface area contributed by atoms with Crippen molar-refractivity contribution in [3.8, 4) is 11.3 Å². The Balaban J connectivity index is 2.62. The van der Waals surface area contributed by atoms with Gasteiger partial charge >= 0.3 is 6.18 Å². The van der Waals surface area contributed by atoms with Crippen LogP contribution >= 0.6 is 0 Å². The van der Waals surface area contributed by atoms with E-state index in [1.54, 1.807) is 0 Å². The van der Waals surface area contributed by atoms with E-state index in [0.717, 1.165) is 6.07 Å². The first-order chi connectivity index (χ1) is 8.91. The molecule has 2 N–H and O–H groups in total. The Labute approximate surface area is 108 Å². The van der Waals surface area contributed by atoms with Gasteiger partial charge < -0.3 is 5.73 Å². The van der Waals surface area contributed by atoms with Gasteiger partial charge in [0.15, 0.2) is 0 Å². The minimum absolute atomic E-state index is 0.0128. The summed E-state index contributed by atoms with van der Waals surface area (Å²) in [4.78, 5) is 8.06. The molecule has 0 aliphatic rings. The van der Waals surface area contributed by atoms with Gasteiger partial charge in [0.2, 0.25) is 0 Å². The van der Waals surface area contributed by atoms with Crippen LogP contribution in [0.3, 0.4) is 0 Å². The summed E-state index contributed by atoms with van der Waals surface area (Å²) in [6, 6.07) is 6.64. The van der Waals surface area contributed by atoms with E-state index in [4.69, 9.17) is 5.73 Å². The molecular formula is C13H12F3N3. The molecule has 100 valence electrons. The minimum Gasteiger partial charge on any atom is -0.384 e. The van der Waals surface area contributed by atoms with Crippen LogP contribution in [-0.2, 0) is 12.6 Å². The maximum atomic E-state index is 12.9. The maximum absolute atomic E-state index is 12.9. The van der Waals surface area contributed by atoms with Crippen LogP contribution in [0.25, 0.3) is 11.3 Å². The van der Waals surface area contributed by atoms with Crippen molar-refractivity contribution >= 4 is 5.82 Å². The van der Waals surface area contributed by atoms with Crippen LogP contribution in [0.15, 0.2) is 30.3 Å². The third-order valence-electron chi connectivity index (χ3n) is 2.62. The topological polar surface area (TPSA) is 51.8 Å². The number of benzene rings is 1. The summed E-state index contributed by atoms with van der Waals surface area (Å²) in [7, 11) is 0. The van der Waals surface area contributed by atoms with Crippen LogP contribution in [0, 0.1) is 0 Å². The lowest BCUT2D eigenvalue weighted by Crippen LogP contribution is -2.08. The molecule has 0 radical (unpaired) electrons. The second-order valence-corrected chi connectivity index (χ2v) is 3.99. The zero-order chi connectivity index (χ0) is 14.0. The number of halogens is 3. The Bertz CT molecular complexity index is 594. The van der Waals surface area contributed by atoms with Crippen molar-refractivity contribution in [2.75, 3.05) is 5.73 Å². The number of hydrogen-bond acceptors (Lipinski definition) is 3. The average Bonchev–Trinajstić information content (AvgIpc) is 2.37. The highest BCUT2D eigenvalue weighted by atomic mass is 19.4. The summed E-state index contributed by atoms with van der Waals surface area (Å²) in [5.74, 6) is 0.589. The summed E-state index contributed by atoms with van der Waals surface area (Å²) >= 11 is 0. The van der Waals surface area contributed by atoms with Crippen molar-refractivity contribution in [3.05, 3.63) is 41.7 Å². The number of hydrogen-bond donors (Lipinski definition) is 1. The van der Waals surface area contributed by atoms with Gasteiger partial charge in [0, 0.05) is 18.1 Å². The van der Waals surface area contributed by atoms with Gasteiger partial charge in [-0.1, -0.05) is 25.1 Å². The molecule has 1 heterocycles. The van der Waals surface area contributed by atoms with Crippen LogP contribution < -0.4 is 5.73 Å². The van der Waals surface area contributed by atoms with E-state index < -0.39 is 11.7 Å². The molecule has 0 fully saturated rings. The Morgan fingerprint density at radius 1 is 1.16 bits per heavy atom. The zero-order valence-electron chi connectivity index (χ0n) is 10.2. The largest absolute Gasteiger partial charge is 0.417 e. The second-order valence-electron chi connectivity index (χ2n) is 3.99. The van der Waals surface area contributed by atoms with Crippen molar-refractivity contribution in [1.82, 2.24) is 9.97 Å². The second kappa shape index (κ2) is 4.87. The highest BCUT2D eigenvalue weighted by Crippen LogP contribution is 2.36. The molecule has 0 saturated carbocycles. The first-order valence-corrected chi connectivity index (χ1v) is 5.72. The molecule has 0 aliphatic carbocycles. The molecule has 2 rings (SSSR count). The summed E-state index contributed by atoms with van der Waals surface area (Å²) in [5.41, 5.74) is 5.08. The molecule has 0 aliphatic heterocycles. The van der Waals surface area contributed by atoms with Gasteiger partial charge in [0.05, 0.1) is 11.3 Å². The molecule has 0 atom stereocenters. The minimum atomic E-state index is -4.43. The molecule has 19 heavy (non-hydrogen) atoms. The predicted octanol–water partition coefficient (Wildman–Crippen LogP) is 3.31. The Morgan fingerprint density at radius 2 is 1.84 bits per heavy atom. The SMILES string of the molecule is CCc1nc(N)cc(-c2ccccc2C(F)(F)F)n1. The molecule has 1 aromatic carbocycles. The van der Waals surface area contributed by atoms with Crippen LogP contribution in [-0.4, -0.2) is 9.97 Å². The first-order valence-electron chi connectivity index (χ1n) is 5.72. The quantitative estimate of drug-likeness (QED) is 0.908. The van der Waals surface area contributed by atoms with Crippen LogP contribution in [0.2, 0.25) is 0 Å². The van der Waals surface area contributed by atoms with Gasteiger partial charge in [-0.2, -0.15) is 13.2 Å². The summed E-state index contributed by atoms with van der Waals surface area (Å²) in [6.45, 7) is 1.81. The zero-order valence-corrected chi connectivity index (χ0v) is 10.2. The monoisotopic (exact) mass is 267 g/mol. The number of rotatable bonds is 2. The van der Waals surface area contributed by atoms with Crippen molar-refractivity contribution in [3.63, 3.8) is 0 Å². The van der Waals surface area contributed by atoms with E-state index in [2.05, 4.69) is 9.97 Å². The maximum Gasteiger partial charge on any atom is 0.417 e. The number of nitrogens with two attached hydrogens (primary N) is 1. The number of nitrogens with zero attached hydrogens (tertiary/aromatic N) is 2. The van der Waals surface area contributed by atoms with Gasteiger partial charge in [0.1, 0.15) is 11.6 Å². The highest BCUT2D eigenvalue weighted by Gasteiger charge is 2.33. The third kappa shape index (κ3) is 2.83. The molecular weight excluding hydrogens is 255 g/mol. The molecule has 3 nitrogen and oxygen atoms in total.